The molecule has 1 atom stereocenters. The minimum absolute atomic E-state index is 0.259. The van der Waals surface area contributed by atoms with Gasteiger partial charge in [0.15, 0.2) is 33.6 Å². The number of piperidine rings is 1. The van der Waals surface area contributed by atoms with Gasteiger partial charge >= 0.3 is 0 Å². The molecule has 5 rings (SSSR count). The molecule has 13 heteroatoms. The summed E-state index contributed by atoms with van der Waals surface area (Å²) in [7, 11) is 0.775. The number of hydrogen-bond acceptors (Lipinski definition) is 10. The molecule has 1 unspecified atom stereocenters. The van der Waals surface area contributed by atoms with Crippen molar-refractivity contribution in [2.75, 3.05) is 57.3 Å². The van der Waals surface area contributed by atoms with Crippen LogP contribution in [0.2, 0.25) is 0 Å². The number of ether oxygens (including phenoxy) is 2. The Morgan fingerprint density at radius 2 is 1.94 bits per heavy atom. The molecule has 0 radical (unpaired) electrons. The summed E-state index contributed by atoms with van der Waals surface area (Å²) >= 11 is 1.51. The van der Waals surface area contributed by atoms with Crippen LogP contribution in [0.4, 0.5) is 11.5 Å². The van der Waals surface area contributed by atoms with Crippen molar-refractivity contribution in [1.82, 2.24) is 23.8 Å². The van der Waals surface area contributed by atoms with Crippen LogP contribution in [0.25, 0.3) is 11.2 Å². The molecule has 2 N–H and O–H groups in total. The van der Waals surface area contributed by atoms with Crippen LogP contribution in [-0.2, 0) is 16.6 Å². The number of imidazole rings is 1. The molecule has 194 valence electrons. The number of rotatable bonds is 7. The number of aromatic nitrogens is 4. The van der Waals surface area contributed by atoms with Gasteiger partial charge in [-0.25, -0.2) is 27.7 Å². The molecule has 36 heavy (non-hydrogen) atoms. The first-order chi connectivity index (χ1) is 17.2. The molecule has 4 heterocycles. The lowest BCUT2D eigenvalue weighted by Gasteiger charge is -2.31. The highest BCUT2D eigenvalue weighted by Gasteiger charge is 2.27. The van der Waals surface area contributed by atoms with Crippen molar-refractivity contribution in [3.05, 3.63) is 18.5 Å². The van der Waals surface area contributed by atoms with E-state index in [1.807, 2.05) is 31.1 Å². The minimum atomic E-state index is -3.19. The molecule has 0 saturated carbocycles. The van der Waals surface area contributed by atoms with Gasteiger partial charge in [-0.2, -0.15) is 0 Å². The van der Waals surface area contributed by atoms with Crippen LogP contribution in [0, 0.1) is 5.92 Å². The molecule has 1 aromatic carbocycles. The summed E-state index contributed by atoms with van der Waals surface area (Å²) in [4.78, 5) is 16.4. The van der Waals surface area contributed by atoms with E-state index in [9.17, 15) is 8.42 Å². The highest BCUT2D eigenvalue weighted by Crippen LogP contribution is 2.43. The van der Waals surface area contributed by atoms with Gasteiger partial charge in [-0.05, 0) is 36.9 Å². The summed E-state index contributed by atoms with van der Waals surface area (Å²) in [5, 5.41) is 0.743. The van der Waals surface area contributed by atoms with Gasteiger partial charge in [-0.1, -0.05) is 0 Å². The molecule has 0 bridgehead atoms. The van der Waals surface area contributed by atoms with Crippen LogP contribution < -0.4 is 20.1 Å². The van der Waals surface area contributed by atoms with E-state index in [2.05, 4.69) is 14.5 Å². The summed E-state index contributed by atoms with van der Waals surface area (Å²) in [5.41, 5.74) is 8.37. The molecule has 2 aliphatic rings. The third-order valence-corrected chi connectivity index (χ3v) is 8.85. The van der Waals surface area contributed by atoms with E-state index in [1.165, 1.54) is 24.3 Å². The average molecular weight is 534 g/mol. The second kappa shape index (κ2) is 9.94. The fraction of sp³-hybridized carbons (Fsp3) is 0.522. The van der Waals surface area contributed by atoms with Crippen LogP contribution in [0.5, 0.6) is 11.5 Å². The van der Waals surface area contributed by atoms with Crippen molar-refractivity contribution >= 4 is 44.5 Å². The number of nitrogen functional groups attached to an aromatic ring is 1. The van der Waals surface area contributed by atoms with E-state index in [1.54, 1.807) is 4.31 Å². The molecule has 0 spiro atoms. The number of nitrogens with zero attached hydrogens (tertiary/aromatic N) is 6. The van der Waals surface area contributed by atoms with Crippen LogP contribution in [0.1, 0.15) is 19.3 Å². The number of anilines is 2. The zero-order chi connectivity index (χ0) is 25.4. The maximum atomic E-state index is 12.1. The number of benzene rings is 1. The summed E-state index contributed by atoms with van der Waals surface area (Å²) in [6.07, 6.45) is 5.39. The lowest BCUT2D eigenvalue weighted by molar-refractivity contribution is 0.171. The Bertz CT molecular complexity index is 1380. The van der Waals surface area contributed by atoms with E-state index in [0.29, 0.717) is 55.6 Å². The quantitative estimate of drug-likeness (QED) is 0.483. The predicted molar refractivity (Wildman–Crippen MR) is 139 cm³/mol. The number of sulfonamides is 1. The number of hydrogen-bond donors (Lipinski definition) is 1. The Morgan fingerprint density at radius 3 is 2.67 bits per heavy atom. The van der Waals surface area contributed by atoms with Gasteiger partial charge in [-0.15, -0.1) is 0 Å². The van der Waals surface area contributed by atoms with Crippen LogP contribution in [-0.4, -0.2) is 78.9 Å². The largest absolute Gasteiger partial charge is 0.486 e. The van der Waals surface area contributed by atoms with E-state index >= 15 is 0 Å². The van der Waals surface area contributed by atoms with Crippen molar-refractivity contribution in [2.24, 2.45) is 5.92 Å². The van der Waals surface area contributed by atoms with Gasteiger partial charge in [-0.3, -0.25) is 0 Å². The lowest BCUT2D eigenvalue weighted by atomic mass is 9.96. The Morgan fingerprint density at radius 1 is 1.19 bits per heavy atom. The zero-order valence-electron chi connectivity index (χ0n) is 20.7. The smallest absolute Gasteiger partial charge is 0.211 e. The Hall–Kier alpha value is -2.77. The first kappa shape index (κ1) is 24.9. The standard InChI is InChI=1S/C23H31N7O4S2/c1-28(2)16-11-17-18(34-10-9-33-17)12-19(16)35-23-27-20-21(24)25-14-26-22(20)30(23)8-6-15-5-4-7-29(13-15)36(3,31)32/h11-12,14-15H,4-10,13H2,1-3H3,(H2,24,25,26). The van der Waals surface area contributed by atoms with Crippen molar-refractivity contribution in [3.8, 4) is 11.5 Å². The monoisotopic (exact) mass is 533 g/mol. The van der Waals surface area contributed by atoms with Crippen LogP contribution in [0.3, 0.4) is 0 Å². The zero-order valence-corrected chi connectivity index (χ0v) is 22.3. The molecule has 2 aliphatic heterocycles. The lowest BCUT2D eigenvalue weighted by Crippen LogP contribution is -2.39. The maximum Gasteiger partial charge on any atom is 0.211 e. The maximum absolute atomic E-state index is 12.1. The van der Waals surface area contributed by atoms with E-state index in [-0.39, 0.29) is 5.92 Å². The van der Waals surface area contributed by atoms with E-state index in [0.717, 1.165) is 40.8 Å². The summed E-state index contributed by atoms with van der Waals surface area (Å²) in [5.74, 6) is 2.02. The van der Waals surface area contributed by atoms with Gasteiger partial charge in [0.25, 0.3) is 0 Å². The highest BCUT2D eigenvalue weighted by atomic mass is 32.2. The van der Waals surface area contributed by atoms with Crippen LogP contribution >= 0.6 is 11.8 Å². The highest BCUT2D eigenvalue weighted by molar-refractivity contribution is 7.99. The first-order valence-electron chi connectivity index (χ1n) is 11.9. The fourth-order valence-electron chi connectivity index (χ4n) is 4.68. The van der Waals surface area contributed by atoms with Gasteiger partial charge in [0, 0.05) is 50.8 Å². The Kier molecular flexibility index (Phi) is 6.88. The minimum Gasteiger partial charge on any atom is -0.486 e. The van der Waals surface area contributed by atoms with Crippen molar-refractivity contribution in [3.63, 3.8) is 0 Å². The third-order valence-electron chi connectivity index (χ3n) is 6.54. The second-order valence-corrected chi connectivity index (χ2v) is 12.3. The second-order valence-electron chi connectivity index (χ2n) is 9.36. The van der Waals surface area contributed by atoms with E-state index in [4.69, 9.17) is 20.2 Å². The van der Waals surface area contributed by atoms with Gasteiger partial charge in [0.05, 0.1) is 11.9 Å². The van der Waals surface area contributed by atoms with E-state index < -0.39 is 10.0 Å². The average Bonchev–Trinajstić information content (AvgIpc) is 3.20. The molecule has 3 aromatic rings. The molecule has 2 aromatic heterocycles. The van der Waals surface area contributed by atoms with Gasteiger partial charge in [0.2, 0.25) is 10.0 Å². The Balaban J connectivity index is 1.47. The number of nitrogens with two attached hydrogens (primary N) is 1. The van der Waals surface area contributed by atoms with Crippen molar-refractivity contribution in [2.45, 2.75) is 35.9 Å². The molecule has 0 aliphatic carbocycles. The Labute approximate surface area is 215 Å². The van der Waals surface area contributed by atoms with Gasteiger partial charge in [0.1, 0.15) is 19.5 Å². The molecular weight excluding hydrogens is 502 g/mol. The number of aryl methyl sites for hydroxylation is 1. The molecule has 1 saturated heterocycles. The normalized spacial score (nSPS) is 18.5. The molecule has 0 amide bonds. The molecule has 1 fully saturated rings. The summed E-state index contributed by atoms with van der Waals surface area (Å²) in [6, 6.07) is 3.97. The first-order valence-corrected chi connectivity index (χ1v) is 14.6. The predicted octanol–water partition coefficient (Wildman–Crippen LogP) is 2.46. The third kappa shape index (κ3) is 5.04. The fourth-order valence-corrected chi connectivity index (χ4v) is 6.75. The SMILES string of the molecule is CN(C)c1cc2c(cc1Sc1nc3c(N)ncnc3n1CCC1CCCN(S(C)(=O)=O)C1)OCCO2. The summed E-state index contributed by atoms with van der Waals surface area (Å²) in [6.45, 7) is 2.80. The van der Waals surface area contributed by atoms with Gasteiger partial charge < -0.3 is 24.7 Å². The molecule has 11 nitrogen and oxygen atoms in total. The number of fused-ring (bicyclic) bond motifs is 2. The topological polar surface area (TPSA) is 129 Å². The molecular formula is C23H31N7O4S2. The van der Waals surface area contributed by atoms with Crippen LogP contribution in [0.15, 0.2) is 28.5 Å². The summed E-state index contributed by atoms with van der Waals surface area (Å²) < 4.78 is 39.4. The van der Waals surface area contributed by atoms with Crippen molar-refractivity contribution in [1.29, 1.82) is 0 Å². The van der Waals surface area contributed by atoms with Crippen molar-refractivity contribution < 1.29 is 17.9 Å².